The molecule has 1 aromatic heterocycles. The SMILES string of the molecule is CC(C#N)CN(C)C(=O)c1cc2c(s1)CCCCC2. The maximum Gasteiger partial charge on any atom is 0.263 e. The Morgan fingerprint density at radius 2 is 2.21 bits per heavy atom. The van der Waals surface area contributed by atoms with Crippen LogP contribution in [0.4, 0.5) is 0 Å². The van der Waals surface area contributed by atoms with Crippen molar-refractivity contribution in [2.45, 2.75) is 39.0 Å². The van der Waals surface area contributed by atoms with Gasteiger partial charge in [0.05, 0.1) is 16.9 Å². The molecule has 1 amide bonds. The number of hydrogen-bond donors (Lipinski definition) is 0. The summed E-state index contributed by atoms with van der Waals surface area (Å²) in [7, 11) is 1.78. The summed E-state index contributed by atoms with van der Waals surface area (Å²) in [6, 6.07) is 4.24. The minimum atomic E-state index is -0.119. The van der Waals surface area contributed by atoms with Gasteiger partial charge in [0.1, 0.15) is 0 Å². The molecule has 0 aromatic carbocycles. The van der Waals surface area contributed by atoms with Crippen LogP contribution < -0.4 is 0 Å². The van der Waals surface area contributed by atoms with Gasteiger partial charge >= 0.3 is 0 Å². The number of amides is 1. The molecular formula is C15H20N2OS. The second-order valence-electron chi connectivity index (χ2n) is 5.34. The van der Waals surface area contributed by atoms with Crippen LogP contribution in [0.25, 0.3) is 0 Å². The molecule has 1 heterocycles. The normalized spacial score (nSPS) is 16.1. The van der Waals surface area contributed by atoms with Gasteiger partial charge in [-0.2, -0.15) is 5.26 Å². The second-order valence-corrected chi connectivity index (χ2v) is 6.47. The van der Waals surface area contributed by atoms with Crippen molar-refractivity contribution in [3.8, 4) is 6.07 Å². The number of nitrogens with zero attached hydrogens (tertiary/aromatic N) is 2. The minimum absolute atomic E-state index is 0.0557. The fourth-order valence-corrected chi connectivity index (χ4v) is 3.74. The van der Waals surface area contributed by atoms with Gasteiger partial charge in [0.25, 0.3) is 5.91 Å². The molecule has 1 aliphatic carbocycles. The molecule has 0 saturated carbocycles. The maximum atomic E-state index is 12.3. The van der Waals surface area contributed by atoms with E-state index >= 15 is 0 Å². The monoisotopic (exact) mass is 276 g/mol. The van der Waals surface area contributed by atoms with Crippen LogP contribution in [-0.4, -0.2) is 24.4 Å². The van der Waals surface area contributed by atoms with Crippen molar-refractivity contribution in [1.29, 1.82) is 5.26 Å². The van der Waals surface area contributed by atoms with Crippen molar-refractivity contribution in [2.24, 2.45) is 5.92 Å². The molecule has 1 atom stereocenters. The van der Waals surface area contributed by atoms with Crippen molar-refractivity contribution >= 4 is 17.2 Å². The lowest BCUT2D eigenvalue weighted by Crippen LogP contribution is -2.30. The number of fused-ring (bicyclic) bond motifs is 1. The van der Waals surface area contributed by atoms with Gasteiger partial charge in [-0.3, -0.25) is 4.79 Å². The quantitative estimate of drug-likeness (QED) is 0.795. The van der Waals surface area contributed by atoms with Gasteiger partial charge in [0.15, 0.2) is 0 Å². The highest BCUT2D eigenvalue weighted by molar-refractivity contribution is 7.14. The number of nitriles is 1. The lowest BCUT2D eigenvalue weighted by Gasteiger charge is -2.17. The van der Waals surface area contributed by atoms with E-state index < -0.39 is 0 Å². The number of aryl methyl sites for hydroxylation is 2. The summed E-state index contributed by atoms with van der Waals surface area (Å²) in [5, 5.41) is 8.81. The van der Waals surface area contributed by atoms with Gasteiger partial charge in [0, 0.05) is 18.5 Å². The van der Waals surface area contributed by atoms with Gasteiger partial charge in [-0.25, -0.2) is 0 Å². The lowest BCUT2D eigenvalue weighted by molar-refractivity contribution is 0.0790. The van der Waals surface area contributed by atoms with Crippen LogP contribution in [0.1, 0.15) is 46.3 Å². The average Bonchev–Trinajstić information content (AvgIpc) is 2.68. The summed E-state index contributed by atoms with van der Waals surface area (Å²) >= 11 is 1.65. The molecule has 2 rings (SSSR count). The zero-order chi connectivity index (χ0) is 13.8. The molecule has 3 nitrogen and oxygen atoms in total. The van der Waals surface area contributed by atoms with Crippen molar-refractivity contribution in [3.63, 3.8) is 0 Å². The van der Waals surface area contributed by atoms with Gasteiger partial charge < -0.3 is 4.90 Å². The van der Waals surface area contributed by atoms with E-state index in [9.17, 15) is 4.79 Å². The molecule has 102 valence electrons. The Hall–Kier alpha value is -1.34. The van der Waals surface area contributed by atoms with Crippen LogP contribution >= 0.6 is 11.3 Å². The highest BCUT2D eigenvalue weighted by Gasteiger charge is 2.19. The third-order valence-corrected chi connectivity index (χ3v) is 4.80. The van der Waals surface area contributed by atoms with Crippen LogP contribution in [0, 0.1) is 17.2 Å². The third kappa shape index (κ3) is 3.36. The molecule has 1 aromatic rings. The molecule has 0 N–H and O–H groups in total. The van der Waals surface area contributed by atoms with Crippen LogP contribution in [0.3, 0.4) is 0 Å². The van der Waals surface area contributed by atoms with Crippen molar-refractivity contribution in [1.82, 2.24) is 4.90 Å². The highest BCUT2D eigenvalue weighted by atomic mass is 32.1. The van der Waals surface area contributed by atoms with E-state index in [2.05, 4.69) is 12.1 Å². The summed E-state index contributed by atoms with van der Waals surface area (Å²) in [5.41, 5.74) is 1.37. The number of carbonyl (C=O) groups excluding carboxylic acids is 1. The summed E-state index contributed by atoms with van der Waals surface area (Å²) in [6.45, 7) is 2.34. The number of hydrogen-bond acceptors (Lipinski definition) is 3. The molecule has 0 fully saturated rings. The second kappa shape index (κ2) is 6.21. The molecule has 1 aliphatic rings. The fourth-order valence-electron chi connectivity index (χ4n) is 2.50. The van der Waals surface area contributed by atoms with Crippen LogP contribution in [0.15, 0.2) is 6.07 Å². The standard InChI is InChI=1S/C15H20N2OS/c1-11(9-16)10-17(2)15(18)14-8-12-6-4-3-5-7-13(12)19-14/h8,11H,3-7,10H2,1-2H3. The predicted octanol–water partition coefficient (Wildman–Crippen LogP) is 3.25. The summed E-state index contributed by atoms with van der Waals surface area (Å²) in [4.78, 5) is 16.2. The first kappa shape index (κ1) is 14.1. The van der Waals surface area contributed by atoms with Crippen molar-refractivity contribution in [2.75, 3.05) is 13.6 Å². The zero-order valence-corrected chi connectivity index (χ0v) is 12.4. The first-order valence-corrected chi connectivity index (χ1v) is 7.70. The molecule has 0 bridgehead atoms. The third-order valence-electron chi connectivity index (χ3n) is 3.57. The minimum Gasteiger partial charge on any atom is -0.340 e. The zero-order valence-electron chi connectivity index (χ0n) is 11.6. The predicted molar refractivity (Wildman–Crippen MR) is 77.3 cm³/mol. The lowest BCUT2D eigenvalue weighted by atomic mass is 10.1. The van der Waals surface area contributed by atoms with E-state index in [4.69, 9.17) is 5.26 Å². The van der Waals surface area contributed by atoms with Gasteiger partial charge in [0.2, 0.25) is 0 Å². The van der Waals surface area contributed by atoms with Gasteiger partial charge in [-0.15, -0.1) is 11.3 Å². The number of carbonyl (C=O) groups is 1. The topological polar surface area (TPSA) is 44.1 Å². The summed E-state index contributed by atoms with van der Waals surface area (Å²) < 4.78 is 0. The largest absolute Gasteiger partial charge is 0.340 e. The van der Waals surface area contributed by atoms with Crippen molar-refractivity contribution < 1.29 is 4.79 Å². The molecule has 4 heteroatoms. The Balaban J connectivity index is 2.09. The average molecular weight is 276 g/mol. The molecule has 0 spiro atoms. The van der Waals surface area contributed by atoms with E-state index in [1.807, 2.05) is 6.92 Å². The maximum absolute atomic E-state index is 12.3. The fraction of sp³-hybridized carbons (Fsp3) is 0.600. The summed E-state index contributed by atoms with van der Waals surface area (Å²) in [5.74, 6) is -0.0630. The summed E-state index contributed by atoms with van der Waals surface area (Å²) in [6.07, 6.45) is 5.99. The van der Waals surface area contributed by atoms with E-state index in [0.717, 1.165) is 17.7 Å². The Kier molecular flexibility index (Phi) is 4.60. The first-order valence-electron chi connectivity index (χ1n) is 6.88. The molecule has 0 aliphatic heterocycles. The first-order chi connectivity index (χ1) is 9.11. The molecular weight excluding hydrogens is 256 g/mol. The molecule has 0 radical (unpaired) electrons. The Labute approximate surface area is 118 Å². The Morgan fingerprint density at radius 3 is 2.95 bits per heavy atom. The van der Waals surface area contributed by atoms with Gasteiger partial charge in [-0.1, -0.05) is 6.42 Å². The van der Waals surface area contributed by atoms with E-state index in [1.165, 1.54) is 29.7 Å². The highest BCUT2D eigenvalue weighted by Crippen LogP contribution is 2.29. The van der Waals surface area contributed by atoms with Crippen LogP contribution in [0.5, 0.6) is 0 Å². The van der Waals surface area contributed by atoms with E-state index in [0.29, 0.717) is 6.54 Å². The molecule has 0 saturated heterocycles. The van der Waals surface area contributed by atoms with Crippen LogP contribution in [0.2, 0.25) is 0 Å². The van der Waals surface area contributed by atoms with E-state index in [1.54, 1.807) is 23.3 Å². The smallest absolute Gasteiger partial charge is 0.263 e. The Bertz CT molecular complexity index is 477. The molecule has 19 heavy (non-hydrogen) atoms. The number of thiophene rings is 1. The Morgan fingerprint density at radius 1 is 1.47 bits per heavy atom. The van der Waals surface area contributed by atoms with E-state index in [-0.39, 0.29) is 11.8 Å². The van der Waals surface area contributed by atoms with Gasteiger partial charge in [-0.05, 0) is 44.2 Å². The number of rotatable bonds is 3. The van der Waals surface area contributed by atoms with Crippen molar-refractivity contribution in [3.05, 3.63) is 21.4 Å². The van der Waals surface area contributed by atoms with Crippen LogP contribution in [-0.2, 0) is 12.8 Å². The molecule has 1 unspecified atom stereocenters.